The zero-order chi connectivity index (χ0) is 24.7. The van der Waals surface area contributed by atoms with Crippen LogP contribution in [-0.4, -0.2) is 32.3 Å². The Hall–Kier alpha value is -3.07. The zero-order valence-corrected chi connectivity index (χ0v) is 20.4. The molecule has 0 saturated carbocycles. The number of fused-ring (bicyclic) bond motifs is 1. The van der Waals surface area contributed by atoms with Crippen LogP contribution in [0.1, 0.15) is 41.1 Å². The highest BCUT2D eigenvalue weighted by Crippen LogP contribution is 2.37. The predicted octanol–water partition coefficient (Wildman–Crippen LogP) is 4.82. The molecule has 7 nitrogen and oxygen atoms in total. The summed E-state index contributed by atoms with van der Waals surface area (Å²) in [5, 5.41) is 13.6. The fraction of sp³-hybridized carbons (Fsp3) is 0.308. The normalized spacial score (nSPS) is 15.0. The fourth-order valence-corrected chi connectivity index (χ4v) is 4.45. The molecule has 0 heterocycles. The summed E-state index contributed by atoms with van der Waals surface area (Å²) in [4.78, 5) is -0.0666. The van der Waals surface area contributed by atoms with Gasteiger partial charge >= 0.3 is 0 Å². The van der Waals surface area contributed by atoms with Crippen molar-refractivity contribution in [1.82, 2.24) is 5.32 Å². The van der Waals surface area contributed by atoms with E-state index in [4.69, 9.17) is 14.0 Å². The number of nitrogens with one attached hydrogen (secondary N) is 1. The topological polar surface area (TPSA) is 105 Å². The molecule has 0 spiro atoms. The molecular weight excluding hydrogens is 454 g/mol. The minimum Gasteiger partial charge on any atom is -0.502 e. The summed E-state index contributed by atoms with van der Waals surface area (Å²) in [5.74, 6) is 0.914. The lowest BCUT2D eigenvalue weighted by molar-refractivity contribution is 0.338. The van der Waals surface area contributed by atoms with Crippen molar-refractivity contribution in [3.63, 3.8) is 0 Å². The summed E-state index contributed by atoms with van der Waals surface area (Å²) < 4.78 is 40.0. The first-order chi connectivity index (χ1) is 16.2. The van der Waals surface area contributed by atoms with Crippen LogP contribution in [0.4, 0.5) is 0 Å². The first kappa shape index (κ1) is 25.6. The van der Waals surface area contributed by atoms with Gasteiger partial charge in [0, 0.05) is 12.6 Å². The Morgan fingerprint density at radius 3 is 2.21 bits per heavy atom. The third-order valence-electron chi connectivity index (χ3n) is 5.78. The number of phenols is 1. The molecule has 4 rings (SSSR count). The zero-order valence-electron chi connectivity index (χ0n) is 19.6. The van der Waals surface area contributed by atoms with Crippen LogP contribution in [0.3, 0.4) is 0 Å². The number of phenolic OH excluding ortho intramolecular Hbond substituents is 1. The fourth-order valence-electron chi connectivity index (χ4n) is 3.97. The van der Waals surface area contributed by atoms with Crippen molar-refractivity contribution in [3.05, 3.63) is 82.9 Å². The molecule has 8 heteroatoms. The molecule has 1 atom stereocenters. The predicted molar refractivity (Wildman–Crippen MR) is 131 cm³/mol. The van der Waals surface area contributed by atoms with Crippen LogP contribution >= 0.6 is 0 Å². The van der Waals surface area contributed by atoms with Crippen molar-refractivity contribution in [3.8, 4) is 17.2 Å². The number of hydrogen-bond acceptors (Lipinski definition) is 6. The van der Waals surface area contributed by atoms with Gasteiger partial charge in [0.25, 0.3) is 10.1 Å². The highest BCUT2D eigenvalue weighted by molar-refractivity contribution is 7.85. The van der Waals surface area contributed by atoms with Crippen LogP contribution in [0, 0.1) is 6.92 Å². The van der Waals surface area contributed by atoms with Crippen LogP contribution in [0.2, 0.25) is 0 Å². The molecule has 0 aliphatic heterocycles. The maximum absolute atomic E-state index is 10.5. The Morgan fingerprint density at radius 2 is 1.62 bits per heavy atom. The van der Waals surface area contributed by atoms with E-state index in [2.05, 4.69) is 29.6 Å². The molecule has 0 saturated heterocycles. The van der Waals surface area contributed by atoms with E-state index in [0.717, 1.165) is 24.0 Å². The molecule has 1 aliphatic carbocycles. The summed E-state index contributed by atoms with van der Waals surface area (Å²) in [6.45, 7) is 2.54. The summed E-state index contributed by atoms with van der Waals surface area (Å²) in [6, 6.07) is 18.7. The number of benzene rings is 3. The molecular formula is C26H31NO6S. The molecule has 34 heavy (non-hydrogen) atoms. The van der Waals surface area contributed by atoms with Crippen LogP contribution in [0.25, 0.3) is 0 Å². The maximum Gasteiger partial charge on any atom is 0.294 e. The van der Waals surface area contributed by atoms with Gasteiger partial charge in [-0.2, -0.15) is 8.42 Å². The standard InChI is InChI=1S/C19H23NO3.C7H8O3S/c1-22-17-10-13(11-18(23-2)19(17)21)12-20-16-9-5-7-14-6-3-4-8-15(14)16;1-6-2-4-7(5-3-6)11(8,9)10/h3-4,6,8,10-11,16,20-21H,5,7,9,12H2,1-2H3;2-5H,1H3,(H,8,9,10). The van der Waals surface area contributed by atoms with Crippen LogP contribution in [-0.2, 0) is 23.1 Å². The highest BCUT2D eigenvalue weighted by atomic mass is 32.2. The van der Waals surface area contributed by atoms with Crippen molar-refractivity contribution >= 4 is 10.1 Å². The molecule has 0 fully saturated rings. The summed E-state index contributed by atoms with van der Waals surface area (Å²) in [5.41, 5.74) is 4.82. The van der Waals surface area contributed by atoms with E-state index in [1.165, 1.54) is 29.7 Å². The number of ether oxygens (including phenoxy) is 2. The molecule has 3 aromatic carbocycles. The Labute approximate surface area is 201 Å². The van der Waals surface area contributed by atoms with E-state index in [-0.39, 0.29) is 10.6 Å². The number of aromatic hydroxyl groups is 1. The van der Waals surface area contributed by atoms with Crippen LogP contribution in [0.15, 0.2) is 65.6 Å². The van der Waals surface area contributed by atoms with Crippen molar-refractivity contribution in [2.45, 2.75) is 43.7 Å². The van der Waals surface area contributed by atoms with Gasteiger partial charge in [0.05, 0.1) is 19.1 Å². The lowest BCUT2D eigenvalue weighted by Gasteiger charge is -2.26. The van der Waals surface area contributed by atoms with Gasteiger partial charge in [-0.1, -0.05) is 42.0 Å². The maximum atomic E-state index is 10.5. The summed E-state index contributed by atoms with van der Waals surface area (Å²) in [7, 11) is -0.930. The van der Waals surface area contributed by atoms with Gasteiger partial charge in [-0.05, 0) is 67.1 Å². The third kappa shape index (κ3) is 6.50. The van der Waals surface area contributed by atoms with E-state index < -0.39 is 10.1 Å². The van der Waals surface area contributed by atoms with Crippen LogP contribution in [0.5, 0.6) is 17.2 Å². The second kappa shape index (κ2) is 11.4. The molecule has 0 aromatic heterocycles. The van der Waals surface area contributed by atoms with Gasteiger partial charge in [0.1, 0.15) is 0 Å². The smallest absolute Gasteiger partial charge is 0.294 e. The largest absolute Gasteiger partial charge is 0.502 e. The number of methoxy groups -OCH3 is 2. The first-order valence-corrected chi connectivity index (χ1v) is 12.5. The van der Waals surface area contributed by atoms with Crippen molar-refractivity contribution in [1.29, 1.82) is 0 Å². The van der Waals surface area contributed by atoms with Gasteiger partial charge in [-0.25, -0.2) is 0 Å². The monoisotopic (exact) mass is 485 g/mol. The minimum atomic E-state index is -4.02. The Bertz CT molecular complexity index is 1180. The molecule has 1 aliphatic rings. The molecule has 0 radical (unpaired) electrons. The van der Waals surface area contributed by atoms with Crippen molar-refractivity contribution in [2.24, 2.45) is 0 Å². The lowest BCUT2D eigenvalue weighted by Crippen LogP contribution is -2.24. The van der Waals surface area contributed by atoms with E-state index in [1.807, 2.05) is 19.1 Å². The lowest BCUT2D eigenvalue weighted by atomic mass is 9.87. The molecule has 0 amide bonds. The van der Waals surface area contributed by atoms with Gasteiger partial charge in [0.15, 0.2) is 11.5 Å². The Balaban J connectivity index is 0.000000248. The first-order valence-electron chi connectivity index (χ1n) is 11.0. The molecule has 182 valence electrons. The molecule has 3 aromatic rings. The minimum absolute atomic E-state index is 0.0433. The Kier molecular flexibility index (Phi) is 8.55. The van der Waals surface area contributed by atoms with Gasteiger partial charge in [-0.3, -0.25) is 4.55 Å². The average Bonchev–Trinajstić information content (AvgIpc) is 2.83. The quantitative estimate of drug-likeness (QED) is 0.430. The average molecular weight is 486 g/mol. The number of rotatable bonds is 6. The van der Waals surface area contributed by atoms with E-state index in [1.54, 1.807) is 26.4 Å². The second-order valence-electron chi connectivity index (χ2n) is 8.16. The second-order valence-corrected chi connectivity index (χ2v) is 9.58. The van der Waals surface area contributed by atoms with Crippen molar-refractivity contribution < 1.29 is 27.6 Å². The van der Waals surface area contributed by atoms with Gasteiger partial charge in [-0.15, -0.1) is 0 Å². The van der Waals surface area contributed by atoms with Crippen LogP contribution < -0.4 is 14.8 Å². The highest BCUT2D eigenvalue weighted by Gasteiger charge is 2.19. The van der Waals surface area contributed by atoms with E-state index in [9.17, 15) is 13.5 Å². The Morgan fingerprint density at radius 1 is 1.00 bits per heavy atom. The van der Waals surface area contributed by atoms with Crippen molar-refractivity contribution in [2.75, 3.05) is 14.2 Å². The van der Waals surface area contributed by atoms with Gasteiger partial charge in [0.2, 0.25) is 5.75 Å². The molecule has 1 unspecified atom stereocenters. The molecule has 3 N–H and O–H groups in total. The van der Waals surface area contributed by atoms with E-state index >= 15 is 0 Å². The summed E-state index contributed by atoms with van der Waals surface area (Å²) in [6.07, 6.45) is 3.51. The SMILES string of the molecule is COc1cc(CNC2CCCc3ccccc32)cc(OC)c1O.Cc1ccc(S(=O)(=O)O)cc1. The number of hydrogen-bond donors (Lipinski definition) is 3. The van der Waals surface area contributed by atoms with E-state index in [0.29, 0.717) is 24.1 Å². The molecule has 0 bridgehead atoms. The summed E-state index contributed by atoms with van der Waals surface area (Å²) >= 11 is 0. The number of aryl methyl sites for hydroxylation is 2. The third-order valence-corrected chi connectivity index (χ3v) is 6.65. The van der Waals surface area contributed by atoms with Gasteiger partial charge < -0.3 is 19.9 Å².